The molecule has 0 spiro atoms. The van der Waals surface area contributed by atoms with Crippen LogP contribution in [0.15, 0.2) is 35.2 Å². The molecule has 1 aromatic carbocycles. The maximum atomic E-state index is 13.0. The molecule has 6 nitrogen and oxygen atoms in total. The van der Waals surface area contributed by atoms with Crippen LogP contribution in [-0.4, -0.2) is 24.1 Å². The Balaban J connectivity index is 1.92. The fourth-order valence-corrected chi connectivity index (χ4v) is 3.74. The first-order valence-corrected chi connectivity index (χ1v) is 8.97. The van der Waals surface area contributed by atoms with Crippen molar-refractivity contribution in [3.63, 3.8) is 0 Å². The Bertz CT molecular complexity index is 1070. The Morgan fingerprint density at radius 1 is 1.32 bits per heavy atom. The third kappa shape index (κ3) is 3.37. The first-order chi connectivity index (χ1) is 11.7. The summed E-state index contributed by atoms with van der Waals surface area (Å²) in [6, 6.07) is 5.95. The number of amides is 1. The Morgan fingerprint density at radius 3 is 2.68 bits per heavy atom. The fourth-order valence-electron chi connectivity index (χ4n) is 2.26. The number of aryl methyl sites for hydroxylation is 1. The Morgan fingerprint density at radius 2 is 2.04 bits per heavy atom. The molecule has 0 aliphatic rings. The lowest BCUT2D eigenvalue weighted by Crippen LogP contribution is -2.10. The van der Waals surface area contributed by atoms with Crippen molar-refractivity contribution in [2.24, 2.45) is 7.05 Å². The van der Waals surface area contributed by atoms with Crippen LogP contribution in [-0.2, 0) is 17.3 Å². The third-order valence-corrected chi connectivity index (χ3v) is 5.36. The number of hydrogen-bond acceptors (Lipinski definition) is 5. The second-order valence-electron chi connectivity index (χ2n) is 5.06. The summed E-state index contributed by atoms with van der Waals surface area (Å²) in [5, 5.41) is 6.30. The van der Waals surface area contributed by atoms with E-state index in [1.54, 1.807) is 0 Å². The highest BCUT2D eigenvalue weighted by atomic mass is 32.3. The monoisotopic (exact) mass is 389 g/mol. The van der Waals surface area contributed by atoms with Crippen LogP contribution >= 0.6 is 11.3 Å². The van der Waals surface area contributed by atoms with E-state index in [4.69, 9.17) is 0 Å². The zero-order valence-electron chi connectivity index (χ0n) is 12.5. The predicted molar refractivity (Wildman–Crippen MR) is 86.2 cm³/mol. The van der Waals surface area contributed by atoms with E-state index in [2.05, 4.69) is 10.4 Å². The van der Waals surface area contributed by atoms with Gasteiger partial charge < -0.3 is 5.32 Å². The topological polar surface area (TPSA) is 81.1 Å². The SMILES string of the molecule is Cn1nc(C(F)F)c2cc(C(=O)Nc3cccc(S(=O)(=O)F)c3)sc21. The Hall–Kier alpha value is -2.40. The lowest BCUT2D eigenvalue weighted by Gasteiger charge is -2.04. The highest BCUT2D eigenvalue weighted by Crippen LogP contribution is 2.33. The van der Waals surface area contributed by atoms with E-state index in [9.17, 15) is 25.9 Å². The first-order valence-electron chi connectivity index (χ1n) is 6.77. The molecule has 0 aliphatic carbocycles. The second kappa shape index (κ2) is 6.15. The summed E-state index contributed by atoms with van der Waals surface area (Å²) in [5.41, 5.74) is -0.355. The van der Waals surface area contributed by atoms with Crippen LogP contribution in [0.5, 0.6) is 0 Å². The van der Waals surface area contributed by atoms with Gasteiger partial charge in [-0.25, -0.2) is 8.78 Å². The molecule has 0 aliphatic heterocycles. The van der Waals surface area contributed by atoms with Crippen LogP contribution in [0.4, 0.5) is 18.4 Å². The number of thiophene rings is 1. The minimum Gasteiger partial charge on any atom is -0.321 e. The highest BCUT2D eigenvalue weighted by molar-refractivity contribution is 7.86. The van der Waals surface area contributed by atoms with Gasteiger partial charge in [-0.15, -0.1) is 15.2 Å². The number of carbonyl (C=O) groups excluding carboxylic acids is 1. The van der Waals surface area contributed by atoms with Crippen molar-refractivity contribution in [1.82, 2.24) is 9.78 Å². The predicted octanol–water partition coefficient (Wildman–Crippen LogP) is 3.48. The Labute approximate surface area is 144 Å². The number of alkyl halides is 2. The van der Waals surface area contributed by atoms with Gasteiger partial charge in [0.05, 0.1) is 4.88 Å². The lowest BCUT2D eigenvalue weighted by molar-refractivity contribution is 0.103. The van der Waals surface area contributed by atoms with Gasteiger partial charge in [0.2, 0.25) is 0 Å². The summed E-state index contributed by atoms with van der Waals surface area (Å²) in [6.07, 6.45) is -2.78. The van der Waals surface area contributed by atoms with E-state index in [1.165, 1.54) is 29.9 Å². The normalized spacial score (nSPS) is 12.0. The standard InChI is InChI=1S/C14H10F3N3O3S2/c1-20-14-9(11(19-20)12(15)16)6-10(24-14)13(21)18-7-3-2-4-8(5-7)25(17,22)23/h2-6,12H,1H3,(H,18,21). The number of aromatic nitrogens is 2. The van der Waals surface area contributed by atoms with Gasteiger partial charge in [-0.05, 0) is 24.3 Å². The van der Waals surface area contributed by atoms with Crippen molar-refractivity contribution >= 4 is 43.4 Å². The van der Waals surface area contributed by atoms with Crippen LogP contribution < -0.4 is 5.32 Å². The molecular formula is C14H10F3N3O3S2. The molecule has 0 atom stereocenters. The second-order valence-corrected chi connectivity index (χ2v) is 7.44. The zero-order chi connectivity index (χ0) is 18.4. The molecule has 0 saturated heterocycles. The van der Waals surface area contributed by atoms with Crippen LogP contribution in [0.2, 0.25) is 0 Å². The molecule has 0 radical (unpaired) electrons. The number of nitrogens with one attached hydrogen (secondary N) is 1. The van der Waals surface area contributed by atoms with Crippen LogP contribution in [0.1, 0.15) is 21.8 Å². The summed E-state index contributed by atoms with van der Waals surface area (Å²) >= 11 is 0.962. The molecule has 0 unspecified atom stereocenters. The minimum absolute atomic E-state index is 0.0633. The number of hydrogen-bond donors (Lipinski definition) is 1. The average molecular weight is 389 g/mol. The van der Waals surface area contributed by atoms with Gasteiger partial charge >= 0.3 is 10.2 Å². The van der Waals surface area contributed by atoms with E-state index in [1.807, 2.05) is 0 Å². The minimum atomic E-state index is -4.90. The summed E-state index contributed by atoms with van der Waals surface area (Å²) in [4.78, 5) is 12.2. The molecule has 3 aromatic rings. The zero-order valence-corrected chi connectivity index (χ0v) is 14.2. The van der Waals surface area contributed by atoms with Crippen molar-refractivity contribution in [1.29, 1.82) is 0 Å². The molecule has 1 amide bonds. The summed E-state index contributed by atoms with van der Waals surface area (Å²) in [5.74, 6) is -0.630. The van der Waals surface area contributed by atoms with E-state index < -0.39 is 33.1 Å². The number of rotatable bonds is 4. The molecule has 1 N–H and O–H groups in total. The number of halogens is 3. The smallest absolute Gasteiger partial charge is 0.321 e. The van der Waals surface area contributed by atoms with Crippen molar-refractivity contribution < 1.29 is 25.9 Å². The van der Waals surface area contributed by atoms with E-state index in [-0.39, 0.29) is 16.0 Å². The first kappa shape index (κ1) is 17.4. The maximum absolute atomic E-state index is 13.0. The van der Waals surface area contributed by atoms with Crippen LogP contribution in [0, 0.1) is 0 Å². The van der Waals surface area contributed by atoms with Gasteiger partial charge in [-0.2, -0.15) is 13.5 Å². The molecule has 132 valence electrons. The molecule has 0 fully saturated rings. The van der Waals surface area contributed by atoms with E-state index >= 15 is 0 Å². The number of nitrogens with zero attached hydrogens (tertiary/aromatic N) is 2. The molecule has 25 heavy (non-hydrogen) atoms. The molecule has 0 bridgehead atoms. The van der Waals surface area contributed by atoms with Crippen LogP contribution in [0.25, 0.3) is 10.2 Å². The Kier molecular flexibility index (Phi) is 4.29. The number of anilines is 1. The number of fused-ring (bicyclic) bond motifs is 1. The van der Waals surface area contributed by atoms with Gasteiger partial charge in [0, 0.05) is 18.1 Å². The molecular weight excluding hydrogens is 379 g/mol. The third-order valence-electron chi connectivity index (χ3n) is 3.34. The van der Waals surface area contributed by atoms with Gasteiger partial charge in [0.1, 0.15) is 15.4 Å². The summed E-state index contributed by atoms with van der Waals surface area (Å²) in [7, 11) is -3.41. The lowest BCUT2D eigenvalue weighted by atomic mass is 10.2. The quantitative estimate of drug-likeness (QED) is 0.693. The molecule has 11 heteroatoms. The van der Waals surface area contributed by atoms with Gasteiger partial charge in [-0.3, -0.25) is 9.48 Å². The van der Waals surface area contributed by atoms with Gasteiger partial charge in [-0.1, -0.05) is 6.07 Å². The summed E-state index contributed by atoms with van der Waals surface area (Å²) in [6.45, 7) is 0. The molecule has 2 aromatic heterocycles. The highest BCUT2D eigenvalue weighted by Gasteiger charge is 2.22. The van der Waals surface area contributed by atoms with E-state index in [0.29, 0.717) is 4.83 Å². The maximum Gasteiger partial charge on any atom is 0.332 e. The largest absolute Gasteiger partial charge is 0.332 e. The van der Waals surface area contributed by atoms with Crippen molar-refractivity contribution in [2.75, 3.05) is 5.32 Å². The molecule has 2 heterocycles. The van der Waals surface area contributed by atoms with Crippen molar-refractivity contribution in [3.05, 3.63) is 40.9 Å². The molecule has 3 rings (SSSR count). The fraction of sp³-hybridized carbons (Fsp3) is 0.143. The molecule has 0 saturated carbocycles. The van der Waals surface area contributed by atoms with Crippen molar-refractivity contribution in [2.45, 2.75) is 11.3 Å². The van der Waals surface area contributed by atoms with Crippen molar-refractivity contribution in [3.8, 4) is 0 Å². The number of benzene rings is 1. The van der Waals surface area contributed by atoms with Crippen LogP contribution in [0.3, 0.4) is 0 Å². The van der Waals surface area contributed by atoms with Gasteiger partial charge in [0.15, 0.2) is 0 Å². The summed E-state index contributed by atoms with van der Waals surface area (Å²) < 4.78 is 62.0. The van der Waals surface area contributed by atoms with Gasteiger partial charge in [0.25, 0.3) is 12.3 Å². The average Bonchev–Trinajstić information content (AvgIpc) is 3.07. The number of carbonyl (C=O) groups is 1. The van der Waals surface area contributed by atoms with E-state index in [0.717, 1.165) is 23.5 Å².